The number of hydrogen-bond donors (Lipinski definition) is 1. The van der Waals surface area contributed by atoms with Crippen LogP contribution >= 0.6 is 0 Å². The summed E-state index contributed by atoms with van der Waals surface area (Å²) in [7, 11) is 0. The van der Waals surface area contributed by atoms with Crippen LogP contribution in [-0.2, 0) is 4.79 Å². The van der Waals surface area contributed by atoms with E-state index in [4.69, 9.17) is 0 Å². The van der Waals surface area contributed by atoms with Crippen molar-refractivity contribution in [3.05, 3.63) is 53.6 Å². The molecular weight excluding hydrogens is 226 g/mol. The molecule has 0 aromatic heterocycles. The lowest BCUT2D eigenvalue weighted by molar-refractivity contribution is -0.117. The van der Waals surface area contributed by atoms with Gasteiger partial charge >= 0.3 is 0 Å². The third-order valence-electron chi connectivity index (χ3n) is 2.81. The molecule has 1 amide bonds. The Morgan fingerprint density at radius 1 is 1.28 bits per heavy atom. The fraction of sp³-hybridized carbons (Fsp3) is 0.200. The molecule has 0 heterocycles. The number of nitrogens with one attached hydrogen (secondary N) is 1. The van der Waals surface area contributed by atoms with Gasteiger partial charge in [-0.05, 0) is 25.0 Å². The summed E-state index contributed by atoms with van der Waals surface area (Å²) in [6.45, 7) is 7.42. The molecule has 3 heteroatoms. The molecule has 1 aliphatic rings. The average molecular weight is 241 g/mol. The number of carbonyl (C=O) groups excluding carboxylic acids is 2. The minimum absolute atomic E-state index is 0.00687. The van der Waals surface area contributed by atoms with Crippen molar-refractivity contribution < 1.29 is 9.59 Å². The zero-order valence-corrected chi connectivity index (χ0v) is 10.5. The van der Waals surface area contributed by atoms with Crippen LogP contribution in [0.3, 0.4) is 0 Å². The Balaban J connectivity index is 2.51. The zero-order chi connectivity index (χ0) is 13.3. The number of fused-ring (bicyclic) bond motifs is 1. The molecular formula is C15H15NO2. The van der Waals surface area contributed by atoms with Gasteiger partial charge in [0.15, 0.2) is 5.78 Å². The number of carbonyl (C=O) groups is 2. The molecule has 2 rings (SSSR count). The number of Topliss-reactive ketones (excluding diaryl/α,β-unsaturated/α-hetero) is 1. The molecule has 0 bridgehead atoms. The Labute approximate surface area is 106 Å². The van der Waals surface area contributed by atoms with Gasteiger partial charge in [0.25, 0.3) is 5.91 Å². The maximum atomic E-state index is 12.2. The predicted octanol–water partition coefficient (Wildman–Crippen LogP) is 2.35. The molecule has 1 aromatic carbocycles. The number of allylic oxidation sites excluding steroid dienone is 2. The van der Waals surface area contributed by atoms with Crippen LogP contribution in [0.15, 0.2) is 42.5 Å². The third-order valence-corrected chi connectivity index (χ3v) is 2.81. The highest BCUT2D eigenvalue weighted by molar-refractivity contribution is 6.35. The van der Waals surface area contributed by atoms with E-state index in [1.165, 1.54) is 0 Å². The van der Waals surface area contributed by atoms with E-state index in [-0.39, 0.29) is 23.3 Å². The Kier molecular flexibility index (Phi) is 3.15. The Hall–Kier alpha value is -2.16. The maximum absolute atomic E-state index is 12.2. The van der Waals surface area contributed by atoms with Crippen LogP contribution in [0.25, 0.3) is 5.57 Å². The summed E-state index contributed by atoms with van der Waals surface area (Å²) in [6.07, 6.45) is 1.57. The number of rotatable bonds is 3. The number of hydrogen-bond acceptors (Lipinski definition) is 2. The summed E-state index contributed by atoms with van der Waals surface area (Å²) < 4.78 is 0. The van der Waals surface area contributed by atoms with Crippen molar-refractivity contribution in [1.82, 2.24) is 5.32 Å². The normalized spacial score (nSPS) is 13.8. The molecule has 1 N–H and O–H groups in total. The van der Waals surface area contributed by atoms with Crippen LogP contribution in [0, 0.1) is 0 Å². The zero-order valence-electron chi connectivity index (χ0n) is 10.5. The second kappa shape index (κ2) is 4.61. The van der Waals surface area contributed by atoms with Crippen molar-refractivity contribution >= 4 is 17.3 Å². The van der Waals surface area contributed by atoms with E-state index in [9.17, 15) is 9.59 Å². The van der Waals surface area contributed by atoms with E-state index < -0.39 is 0 Å². The van der Waals surface area contributed by atoms with Crippen molar-refractivity contribution in [2.45, 2.75) is 19.9 Å². The molecule has 3 nitrogen and oxygen atoms in total. The average Bonchev–Trinajstić information content (AvgIpc) is 2.62. The van der Waals surface area contributed by atoms with Crippen molar-refractivity contribution in [2.75, 3.05) is 0 Å². The first kappa shape index (κ1) is 12.3. The van der Waals surface area contributed by atoms with Crippen molar-refractivity contribution in [2.24, 2.45) is 0 Å². The van der Waals surface area contributed by atoms with Gasteiger partial charge in [0.2, 0.25) is 0 Å². The van der Waals surface area contributed by atoms with Gasteiger partial charge < -0.3 is 5.32 Å². The fourth-order valence-corrected chi connectivity index (χ4v) is 2.08. The lowest BCUT2D eigenvalue weighted by Crippen LogP contribution is -2.33. The van der Waals surface area contributed by atoms with Gasteiger partial charge in [0, 0.05) is 11.6 Å². The largest absolute Gasteiger partial charge is 0.350 e. The molecule has 0 spiro atoms. The van der Waals surface area contributed by atoms with Crippen LogP contribution in [-0.4, -0.2) is 17.7 Å². The lowest BCUT2D eigenvalue weighted by Gasteiger charge is -2.09. The third kappa shape index (κ3) is 1.88. The van der Waals surface area contributed by atoms with Gasteiger partial charge in [-0.3, -0.25) is 9.59 Å². The van der Waals surface area contributed by atoms with Crippen molar-refractivity contribution in [1.29, 1.82) is 0 Å². The van der Waals surface area contributed by atoms with Gasteiger partial charge in [0.05, 0.1) is 5.57 Å². The molecule has 1 aliphatic carbocycles. The quantitative estimate of drug-likeness (QED) is 0.826. The molecule has 0 saturated heterocycles. The molecule has 0 radical (unpaired) electrons. The van der Waals surface area contributed by atoms with Gasteiger partial charge in [-0.15, -0.1) is 0 Å². The highest BCUT2D eigenvalue weighted by atomic mass is 16.2. The van der Waals surface area contributed by atoms with E-state index in [0.717, 1.165) is 5.56 Å². The summed E-state index contributed by atoms with van der Waals surface area (Å²) in [6, 6.07) is 7.20. The molecule has 1 aromatic rings. The molecule has 18 heavy (non-hydrogen) atoms. The summed E-state index contributed by atoms with van der Waals surface area (Å²) in [5.74, 6) is -0.556. The molecule has 92 valence electrons. The fourth-order valence-electron chi connectivity index (χ4n) is 2.08. The first-order chi connectivity index (χ1) is 8.56. The van der Waals surface area contributed by atoms with E-state index in [1.807, 2.05) is 26.0 Å². The predicted molar refractivity (Wildman–Crippen MR) is 71.2 cm³/mol. The smallest absolute Gasteiger partial charge is 0.256 e. The maximum Gasteiger partial charge on any atom is 0.256 e. The first-order valence-corrected chi connectivity index (χ1v) is 5.88. The highest BCUT2D eigenvalue weighted by Crippen LogP contribution is 2.33. The van der Waals surface area contributed by atoms with Gasteiger partial charge in [-0.25, -0.2) is 0 Å². The molecule has 0 atom stereocenters. The van der Waals surface area contributed by atoms with Crippen LogP contribution in [0.4, 0.5) is 0 Å². The molecule has 0 fully saturated rings. The summed E-state index contributed by atoms with van der Waals surface area (Å²) in [4.78, 5) is 24.3. The second-order valence-corrected chi connectivity index (χ2v) is 4.50. The number of benzene rings is 1. The Morgan fingerprint density at radius 2 is 1.89 bits per heavy atom. The van der Waals surface area contributed by atoms with E-state index in [1.54, 1.807) is 18.2 Å². The van der Waals surface area contributed by atoms with Crippen molar-refractivity contribution in [3.8, 4) is 0 Å². The minimum atomic E-state index is -0.332. The lowest BCUT2D eigenvalue weighted by atomic mass is 10.1. The second-order valence-electron chi connectivity index (χ2n) is 4.50. The van der Waals surface area contributed by atoms with Crippen LogP contribution in [0.5, 0.6) is 0 Å². The summed E-state index contributed by atoms with van der Waals surface area (Å²) >= 11 is 0. The number of amides is 1. The first-order valence-electron chi connectivity index (χ1n) is 5.88. The van der Waals surface area contributed by atoms with E-state index >= 15 is 0 Å². The van der Waals surface area contributed by atoms with Crippen LogP contribution in [0.1, 0.15) is 29.8 Å². The van der Waals surface area contributed by atoms with Crippen LogP contribution < -0.4 is 5.32 Å². The highest BCUT2D eigenvalue weighted by Gasteiger charge is 2.32. The standard InChI is InChI=1S/C15H15NO2/c1-4-10-11-7-5-6-8-12(11)14(17)13(10)15(18)16-9(2)3/h4-9H,1H2,2-3H3,(H,16,18). The Morgan fingerprint density at radius 3 is 2.44 bits per heavy atom. The van der Waals surface area contributed by atoms with Gasteiger partial charge in [0.1, 0.15) is 0 Å². The minimum Gasteiger partial charge on any atom is -0.350 e. The monoisotopic (exact) mass is 241 g/mol. The van der Waals surface area contributed by atoms with Crippen LogP contribution in [0.2, 0.25) is 0 Å². The summed E-state index contributed by atoms with van der Waals surface area (Å²) in [5.41, 5.74) is 2.17. The molecule has 0 aliphatic heterocycles. The van der Waals surface area contributed by atoms with E-state index in [2.05, 4.69) is 11.9 Å². The van der Waals surface area contributed by atoms with Gasteiger partial charge in [-0.2, -0.15) is 0 Å². The van der Waals surface area contributed by atoms with Crippen molar-refractivity contribution in [3.63, 3.8) is 0 Å². The topological polar surface area (TPSA) is 46.2 Å². The van der Waals surface area contributed by atoms with Gasteiger partial charge in [-0.1, -0.05) is 36.9 Å². The Bertz CT molecular complexity index is 568. The molecule has 0 unspecified atom stereocenters. The molecule has 0 saturated carbocycles. The van der Waals surface area contributed by atoms with E-state index in [0.29, 0.717) is 11.1 Å². The number of ketones is 1. The SMILES string of the molecule is C=CC1=C(C(=O)NC(C)C)C(=O)c2ccccc21. The summed E-state index contributed by atoms with van der Waals surface area (Å²) in [5, 5.41) is 2.75.